The molecule has 0 unspecified atom stereocenters. The summed E-state index contributed by atoms with van der Waals surface area (Å²) in [5.74, 6) is 5.61. The summed E-state index contributed by atoms with van der Waals surface area (Å²) >= 11 is 0. The minimum absolute atomic E-state index is 0.246. The molecule has 5 nitrogen and oxygen atoms in total. The van der Waals surface area contributed by atoms with Crippen molar-refractivity contribution < 1.29 is 9.59 Å². The minimum atomic E-state index is -0.355. The maximum absolute atomic E-state index is 12.9. The third-order valence-corrected chi connectivity index (χ3v) is 4.94. The number of anilines is 2. The van der Waals surface area contributed by atoms with E-state index < -0.39 is 0 Å². The normalized spacial score (nSPS) is 10.6. The second-order valence-corrected chi connectivity index (χ2v) is 7.76. The van der Waals surface area contributed by atoms with Gasteiger partial charge in [0.25, 0.3) is 11.8 Å². The first-order valence-electron chi connectivity index (χ1n) is 9.98. The summed E-state index contributed by atoms with van der Waals surface area (Å²) in [5, 5.41) is 5.71. The number of hydrogen-bond donors (Lipinski definition) is 2. The number of nitrogens with one attached hydrogen (secondary N) is 2. The molecule has 1 aromatic heterocycles. The van der Waals surface area contributed by atoms with Crippen LogP contribution in [-0.2, 0) is 5.41 Å². The molecule has 31 heavy (non-hydrogen) atoms. The number of nitrogens with zero attached hydrogens (tertiary/aromatic N) is 1. The van der Waals surface area contributed by atoms with E-state index in [1.54, 1.807) is 49.6 Å². The van der Waals surface area contributed by atoms with Gasteiger partial charge < -0.3 is 10.6 Å². The molecule has 0 saturated carbocycles. The van der Waals surface area contributed by atoms with Crippen LogP contribution in [0.4, 0.5) is 11.4 Å². The summed E-state index contributed by atoms with van der Waals surface area (Å²) in [6, 6.07) is 16.2. The SMILES string of the molecule is CC#CC(C)(C)c1cccc(C(=O)Nc2ccc(C)c(C(=O)Nc3cccnc3)c2)c1. The third-order valence-electron chi connectivity index (χ3n) is 4.94. The molecule has 0 aliphatic rings. The second kappa shape index (κ2) is 9.27. The van der Waals surface area contributed by atoms with Gasteiger partial charge in [-0.15, -0.1) is 5.92 Å². The van der Waals surface area contributed by atoms with Crippen molar-refractivity contribution in [3.63, 3.8) is 0 Å². The standard InChI is InChI=1S/C26H25N3O2/c1-5-13-26(3,4)20-9-6-8-19(15-20)24(30)28-21-12-11-18(2)23(16-21)25(31)29-22-10-7-14-27-17-22/h6-12,14-17H,1-4H3,(H,28,30)(H,29,31). The summed E-state index contributed by atoms with van der Waals surface area (Å²) in [6.07, 6.45) is 3.22. The highest BCUT2D eigenvalue weighted by Gasteiger charge is 2.19. The van der Waals surface area contributed by atoms with E-state index in [4.69, 9.17) is 0 Å². The van der Waals surface area contributed by atoms with Crippen molar-refractivity contribution in [1.29, 1.82) is 0 Å². The van der Waals surface area contributed by atoms with E-state index in [0.717, 1.165) is 11.1 Å². The average Bonchev–Trinajstić information content (AvgIpc) is 2.75. The first-order valence-corrected chi connectivity index (χ1v) is 9.98. The molecular formula is C26H25N3O2. The van der Waals surface area contributed by atoms with Crippen LogP contribution in [0.3, 0.4) is 0 Å². The van der Waals surface area contributed by atoms with E-state index in [0.29, 0.717) is 22.5 Å². The van der Waals surface area contributed by atoms with E-state index >= 15 is 0 Å². The molecule has 156 valence electrons. The fourth-order valence-electron chi connectivity index (χ4n) is 3.22. The Morgan fingerprint density at radius 2 is 1.71 bits per heavy atom. The smallest absolute Gasteiger partial charge is 0.256 e. The Kier molecular flexibility index (Phi) is 6.52. The summed E-state index contributed by atoms with van der Waals surface area (Å²) < 4.78 is 0. The molecule has 0 fully saturated rings. The average molecular weight is 412 g/mol. The molecule has 2 aromatic carbocycles. The number of aromatic nitrogens is 1. The van der Waals surface area contributed by atoms with Gasteiger partial charge in [0.05, 0.1) is 17.3 Å². The van der Waals surface area contributed by atoms with E-state index in [1.807, 2.05) is 45.0 Å². The van der Waals surface area contributed by atoms with Gasteiger partial charge in [0, 0.05) is 23.0 Å². The highest BCUT2D eigenvalue weighted by Crippen LogP contribution is 2.24. The highest BCUT2D eigenvalue weighted by molar-refractivity contribution is 6.08. The first-order chi connectivity index (χ1) is 14.8. The lowest BCUT2D eigenvalue weighted by atomic mass is 9.84. The third kappa shape index (κ3) is 5.37. The van der Waals surface area contributed by atoms with Crippen molar-refractivity contribution in [3.8, 4) is 11.8 Å². The topological polar surface area (TPSA) is 71.1 Å². The van der Waals surface area contributed by atoms with Crippen molar-refractivity contribution in [1.82, 2.24) is 4.98 Å². The molecule has 3 aromatic rings. The van der Waals surface area contributed by atoms with Crippen LogP contribution in [0.25, 0.3) is 0 Å². The van der Waals surface area contributed by atoms with Gasteiger partial charge in [-0.25, -0.2) is 0 Å². The van der Waals surface area contributed by atoms with E-state index in [9.17, 15) is 9.59 Å². The number of pyridine rings is 1. The number of carbonyl (C=O) groups excluding carboxylic acids is 2. The molecule has 0 atom stereocenters. The Morgan fingerprint density at radius 1 is 0.935 bits per heavy atom. The van der Waals surface area contributed by atoms with Crippen LogP contribution in [0.2, 0.25) is 0 Å². The molecule has 2 amide bonds. The van der Waals surface area contributed by atoms with Gasteiger partial charge in [-0.2, -0.15) is 0 Å². The van der Waals surface area contributed by atoms with Crippen LogP contribution in [0, 0.1) is 18.8 Å². The van der Waals surface area contributed by atoms with Crippen LogP contribution in [0.15, 0.2) is 67.0 Å². The van der Waals surface area contributed by atoms with Crippen LogP contribution >= 0.6 is 0 Å². The van der Waals surface area contributed by atoms with Gasteiger partial charge in [0.2, 0.25) is 0 Å². The van der Waals surface area contributed by atoms with Gasteiger partial charge in [-0.05, 0) is 75.2 Å². The predicted octanol–water partition coefficient (Wildman–Crippen LogP) is 5.20. The Balaban J connectivity index is 1.80. The molecule has 0 radical (unpaired) electrons. The summed E-state index contributed by atoms with van der Waals surface area (Å²) in [7, 11) is 0. The van der Waals surface area contributed by atoms with Crippen molar-refractivity contribution in [2.75, 3.05) is 10.6 Å². The quantitative estimate of drug-likeness (QED) is 0.567. The Bertz CT molecular complexity index is 1170. The number of hydrogen-bond acceptors (Lipinski definition) is 3. The van der Waals surface area contributed by atoms with Crippen molar-refractivity contribution in [2.45, 2.75) is 33.1 Å². The Hall–Kier alpha value is -3.91. The zero-order valence-corrected chi connectivity index (χ0v) is 18.1. The van der Waals surface area contributed by atoms with E-state index in [1.165, 1.54) is 0 Å². The zero-order chi connectivity index (χ0) is 22.4. The monoisotopic (exact) mass is 411 g/mol. The van der Waals surface area contributed by atoms with Crippen LogP contribution in [0.1, 0.15) is 52.6 Å². The molecule has 1 heterocycles. The number of rotatable bonds is 5. The number of amides is 2. The van der Waals surface area contributed by atoms with Crippen molar-refractivity contribution in [3.05, 3.63) is 89.2 Å². The fraction of sp³-hybridized carbons (Fsp3) is 0.192. The lowest BCUT2D eigenvalue weighted by Gasteiger charge is -2.19. The molecule has 0 aliphatic carbocycles. The molecular weight excluding hydrogens is 386 g/mol. The molecule has 0 spiro atoms. The van der Waals surface area contributed by atoms with Crippen LogP contribution in [-0.4, -0.2) is 16.8 Å². The van der Waals surface area contributed by atoms with E-state index in [2.05, 4.69) is 27.5 Å². The summed E-state index contributed by atoms with van der Waals surface area (Å²) in [5.41, 5.74) is 3.59. The van der Waals surface area contributed by atoms with Gasteiger partial charge in [-0.1, -0.05) is 24.1 Å². The Labute approximate surface area is 182 Å². The largest absolute Gasteiger partial charge is 0.322 e. The molecule has 3 rings (SSSR count). The van der Waals surface area contributed by atoms with Crippen LogP contribution < -0.4 is 10.6 Å². The maximum atomic E-state index is 12.9. The maximum Gasteiger partial charge on any atom is 0.256 e. The zero-order valence-electron chi connectivity index (χ0n) is 18.1. The van der Waals surface area contributed by atoms with Gasteiger partial charge in [0.1, 0.15) is 0 Å². The first kappa shape index (κ1) is 21.8. The molecule has 5 heteroatoms. The molecule has 0 saturated heterocycles. The lowest BCUT2D eigenvalue weighted by molar-refractivity contribution is 0.101. The highest BCUT2D eigenvalue weighted by atomic mass is 16.2. The number of carbonyl (C=O) groups is 2. The van der Waals surface area contributed by atoms with Gasteiger partial charge in [0.15, 0.2) is 0 Å². The van der Waals surface area contributed by atoms with Crippen LogP contribution in [0.5, 0.6) is 0 Å². The van der Waals surface area contributed by atoms with Gasteiger partial charge >= 0.3 is 0 Å². The van der Waals surface area contributed by atoms with E-state index in [-0.39, 0.29) is 17.2 Å². The molecule has 0 bridgehead atoms. The molecule has 0 aliphatic heterocycles. The van der Waals surface area contributed by atoms with Crippen molar-refractivity contribution in [2.24, 2.45) is 0 Å². The summed E-state index contributed by atoms with van der Waals surface area (Å²) in [6.45, 7) is 7.70. The summed E-state index contributed by atoms with van der Waals surface area (Å²) in [4.78, 5) is 29.5. The molecule has 2 N–H and O–H groups in total. The minimum Gasteiger partial charge on any atom is -0.322 e. The Morgan fingerprint density at radius 3 is 2.42 bits per heavy atom. The second-order valence-electron chi connectivity index (χ2n) is 7.76. The van der Waals surface area contributed by atoms with Crippen molar-refractivity contribution >= 4 is 23.2 Å². The predicted molar refractivity (Wildman–Crippen MR) is 124 cm³/mol. The number of benzene rings is 2. The van der Waals surface area contributed by atoms with Gasteiger partial charge in [-0.3, -0.25) is 14.6 Å². The number of aryl methyl sites for hydroxylation is 1. The lowest BCUT2D eigenvalue weighted by Crippen LogP contribution is -2.18. The fourth-order valence-corrected chi connectivity index (χ4v) is 3.22.